The van der Waals surface area contributed by atoms with Crippen LogP contribution in [-0.4, -0.2) is 19.8 Å². The number of methoxy groups -OCH3 is 2. The monoisotopic (exact) mass is 315 g/mol. The zero-order chi connectivity index (χ0) is 13.9. The summed E-state index contributed by atoms with van der Waals surface area (Å²) in [6.45, 7) is 6.13. The summed E-state index contributed by atoms with van der Waals surface area (Å²) in [5, 5.41) is 0. The fourth-order valence-corrected chi connectivity index (χ4v) is 2.89. The maximum Gasteiger partial charge on any atom is 0.140 e. The van der Waals surface area contributed by atoms with Crippen LogP contribution in [0.25, 0.3) is 0 Å². The summed E-state index contributed by atoms with van der Waals surface area (Å²) in [4.78, 5) is 0. The van der Waals surface area contributed by atoms with Crippen LogP contribution in [0.3, 0.4) is 0 Å². The van der Waals surface area contributed by atoms with Gasteiger partial charge in [0, 0.05) is 5.54 Å². The van der Waals surface area contributed by atoms with Crippen LogP contribution in [0.2, 0.25) is 0 Å². The molecule has 102 valence electrons. The van der Waals surface area contributed by atoms with Gasteiger partial charge in [-0.2, -0.15) is 0 Å². The van der Waals surface area contributed by atoms with Crippen molar-refractivity contribution in [1.29, 1.82) is 0 Å². The molecule has 0 bridgehead atoms. The third-order valence-electron chi connectivity index (χ3n) is 2.77. The Hall–Kier alpha value is -0.740. The van der Waals surface area contributed by atoms with E-state index < -0.39 is 0 Å². The van der Waals surface area contributed by atoms with Gasteiger partial charge in [-0.15, -0.1) is 0 Å². The molecule has 0 saturated carbocycles. The van der Waals surface area contributed by atoms with E-state index in [4.69, 9.17) is 15.2 Å². The van der Waals surface area contributed by atoms with Crippen LogP contribution in [0.1, 0.15) is 31.9 Å². The third kappa shape index (κ3) is 3.39. The third-order valence-corrected chi connectivity index (χ3v) is 3.49. The average Bonchev–Trinajstić information content (AvgIpc) is 2.26. The van der Waals surface area contributed by atoms with Gasteiger partial charge in [0.2, 0.25) is 0 Å². The minimum absolute atomic E-state index is 0.272. The van der Waals surface area contributed by atoms with Crippen molar-refractivity contribution in [3.8, 4) is 11.5 Å². The second-order valence-corrected chi connectivity index (χ2v) is 5.89. The lowest BCUT2D eigenvalue weighted by Gasteiger charge is -2.23. The van der Waals surface area contributed by atoms with Gasteiger partial charge in [-0.25, -0.2) is 0 Å². The average molecular weight is 316 g/mol. The van der Waals surface area contributed by atoms with Crippen LogP contribution in [0.4, 0.5) is 0 Å². The summed E-state index contributed by atoms with van der Waals surface area (Å²) in [5.41, 5.74) is 8.09. The first-order valence-electron chi connectivity index (χ1n) is 6.05. The Morgan fingerprint density at radius 2 is 1.67 bits per heavy atom. The highest BCUT2D eigenvalue weighted by atomic mass is 79.9. The van der Waals surface area contributed by atoms with E-state index in [1.54, 1.807) is 14.2 Å². The summed E-state index contributed by atoms with van der Waals surface area (Å²) in [6, 6.07) is 2.12. The van der Waals surface area contributed by atoms with Crippen LogP contribution >= 0.6 is 15.9 Å². The molecule has 0 fully saturated rings. The Labute approximate surface area is 118 Å². The fraction of sp³-hybridized carbons (Fsp3) is 0.571. The van der Waals surface area contributed by atoms with Gasteiger partial charge < -0.3 is 15.2 Å². The Balaban J connectivity index is 3.37. The van der Waals surface area contributed by atoms with Crippen LogP contribution in [-0.2, 0) is 12.8 Å². The predicted octanol–water partition coefficient (Wildman–Crippen LogP) is 3.31. The number of hydrogen-bond donors (Lipinski definition) is 1. The molecule has 0 atom stereocenters. The Bertz CT molecular complexity index is 425. The maximum atomic E-state index is 6.10. The highest BCUT2D eigenvalue weighted by Gasteiger charge is 2.21. The first-order valence-corrected chi connectivity index (χ1v) is 6.84. The number of ether oxygens (including phenoxy) is 2. The van der Waals surface area contributed by atoms with E-state index in [9.17, 15) is 0 Å². The van der Waals surface area contributed by atoms with Crippen LogP contribution < -0.4 is 15.2 Å². The molecule has 0 unspecified atom stereocenters. The summed E-state index contributed by atoms with van der Waals surface area (Å²) in [7, 11) is 3.34. The lowest BCUT2D eigenvalue weighted by atomic mass is 9.93. The molecular formula is C14H22BrNO2. The largest absolute Gasteiger partial charge is 0.495 e. The van der Waals surface area contributed by atoms with Crippen LogP contribution in [0.15, 0.2) is 10.5 Å². The highest BCUT2D eigenvalue weighted by molar-refractivity contribution is 9.10. The first-order chi connectivity index (χ1) is 8.34. The molecule has 2 N–H and O–H groups in total. The molecule has 1 aromatic rings. The Morgan fingerprint density at radius 1 is 1.17 bits per heavy atom. The van der Waals surface area contributed by atoms with Gasteiger partial charge in [0.15, 0.2) is 0 Å². The summed E-state index contributed by atoms with van der Waals surface area (Å²) in [5.74, 6) is 1.65. The smallest absolute Gasteiger partial charge is 0.140 e. The van der Waals surface area contributed by atoms with Crippen molar-refractivity contribution in [3.63, 3.8) is 0 Å². The lowest BCUT2D eigenvalue weighted by Crippen LogP contribution is -2.34. The number of benzene rings is 1. The lowest BCUT2D eigenvalue weighted by molar-refractivity contribution is 0.379. The molecule has 0 amide bonds. The molecule has 3 nitrogen and oxygen atoms in total. The van der Waals surface area contributed by atoms with Crippen molar-refractivity contribution in [3.05, 3.63) is 21.7 Å². The summed E-state index contributed by atoms with van der Waals surface area (Å²) >= 11 is 3.56. The molecule has 0 saturated heterocycles. The molecule has 18 heavy (non-hydrogen) atoms. The second kappa shape index (κ2) is 5.93. The van der Waals surface area contributed by atoms with Crippen molar-refractivity contribution in [2.45, 2.75) is 39.2 Å². The number of rotatable bonds is 5. The quantitative estimate of drug-likeness (QED) is 0.906. The zero-order valence-corrected chi connectivity index (χ0v) is 13.3. The van der Waals surface area contributed by atoms with E-state index in [1.807, 2.05) is 13.8 Å². The van der Waals surface area contributed by atoms with E-state index in [0.717, 1.165) is 39.9 Å². The van der Waals surface area contributed by atoms with Gasteiger partial charge in [0.05, 0.1) is 14.2 Å². The second-order valence-electron chi connectivity index (χ2n) is 5.09. The molecule has 1 rings (SSSR count). The van der Waals surface area contributed by atoms with Crippen molar-refractivity contribution >= 4 is 15.9 Å². The zero-order valence-electron chi connectivity index (χ0n) is 11.8. The molecule has 1 aromatic carbocycles. The topological polar surface area (TPSA) is 44.5 Å². The van der Waals surface area contributed by atoms with Crippen LogP contribution in [0, 0.1) is 0 Å². The Morgan fingerprint density at radius 3 is 2.06 bits per heavy atom. The minimum atomic E-state index is -0.272. The SMILES string of the molecule is CCc1cc(CC(C)(C)N)c(OC)c(Br)c1OC. The number of nitrogens with two attached hydrogens (primary N) is 1. The van der Waals surface area contributed by atoms with E-state index in [1.165, 1.54) is 0 Å². The van der Waals surface area contributed by atoms with E-state index in [0.29, 0.717) is 0 Å². The van der Waals surface area contributed by atoms with Gasteiger partial charge in [-0.1, -0.05) is 6.92 Å². The standard InChI is InChI=1S/C14H22BrNO2/c1-6-9-7-10(8-14(2,3)16)13(18-5)11(15)12(9)17-4/h7H,6,8,16H2,1-5H3. The molecular weight excluding hydrogens is 294 g/mol. The van der Waals surface area contributed by atoms with E-state index in [-0.39, 0.29) is 5.54 Å². The molecule has 0 aliphatic heterocycles. The molecule has 0 aliphatic carbocycles. The Kier molecular flexibility index (Phi) is 5.05. The maximum absolute atomic E-state index is 6.10. The number of halogens is 1. The molecule has 0 heterocycles. The van der Waals surface area contributed by atoms with Crippen molar-refractivity contribution in [1.82, 2.24) is 0 Å². The number of aryl methyl sites for hydroxylation is 1. The van der Waals surface area contributed by atoms with Crippen molar-refractivity contribution < 1.29 is 9.47 Å². The van der Waals surface area contributed by atoms with Crippen molar-refractivity contribution in [2.75, 3.05) is 14.2 Å². The van der Waals surface area contributed by atoms with E-state index in [2.05, 4.69) is 28.9 Å². The predicted molar refractivity (Wildman–Crippen MR) is 78.6 cm³/mol. The molecule has 4 heteroatoms. The van der Waals surface area contributed by atoms with Gasteiger partial charge in [0.1, 0.15) is 16.0 Å². The molecule has 0 spiro atoms. The summed E-state index contributed by atoms with van der Waals surface area (Å²) in [6.07, 6.45) is 1.66. The highest BCUT2D eigenvalue weighted by Crippen LogP contribution is 2.41. The number of hydrogen-bond acceptors (Lipinski definition) is 3. The van der Waals surface area contributed by atoms with Crippen LogP contribution in [0.5, 0.6) is 11.5 Å². The fourth-order valence-electron chi connectivity index (χ4n) is 2.05. The van der Waals surface area contributed by atoms with Gasteiger partial charge in [0.25, 0.3) is 0 Å². The molecule has 0 aliphatic rings. The minimum Gasteiger partial charge on any atom is -0.495 e. The van der Waals surface area contributed by atoms with Crippen molar-refractivity contribution in [2.24, 2.45) is 5.73 Å². The molecule has 0 aromatic heterocycles. The summed E-state index contributed by atoms with van der Waals surface area (Å²) < 4.78 is 11.8. The molecule has 0 radical (unpaired) electrons. The normalized spacial score (nSPS) is 11.5. The van der Waals surface area contributed by atoms with Gasteiger partial charge >= 0.3 is 0 Å². The van der Waals surface area contributed by atoms with Gasteiger partial charge in [-0.3, -0.25) is 0 Å². The van der Waals surface area contributed by atoms with Gasteiger partial charge in [-0.05, 0) is 59.8 Å². The first kappa shape index (κ1) is 15.3. The van der Waals surface area contributed by atoms with E-state index >= 15 is 0 Å².